The second-order valence-corrected chi connectivity index (χ2v) is 8.09. The molecule has 0 radical (unpaired) electrons. The smallest absolute Gasteiger partial charge is 0.346 e. The topological polar surface area (TPSA) is 71.4 Å². The maximum atomic E-state index is 12.3. The molecule has 0 unspecified atom stereocenters. The van der Waals surface area contributed by atoms with Crippen LogP contribution in [0.15, 0.2) is 29.6 Å². The van der Waals surface area contributed by atoms with Crippen molar-refractivity contribution in [2.75, 3.05) is 0 Å². The lowest BCUT2D eigenvalue weighted by atomic mass is 10.1. The number of aryl methyl sites for hydroxylation is 2. The Morgan fingerprint density at radius 2 is 1.76 bits per heavy atom. The van der Waals surface area contributed by atoms with E-state index in [9.17, 15) is 13.2 Å². The van der Waals surface area contributed by atoms with Crippen LogP contribution in [0.5, 0.6) is 0 Å². The van der Waals surface area contributed by atoms with Gasteiger partial charge in [0.15, 0.2) is 9.84 Å². The molecule has 0 aliphatic carbocycles. The summed E-state index contributed by atoms with van der Waals surface area (Å²) in [6.45, 7) is 3.84. The number of hydrogen-bond donors (Lipinski definition) is 1. The third kappa shape index (κ3) is 4.15. The van der Waals surface area contributed by atoms with E-state index >= 15 is 0 Å². The first kappa shape index (κ1) is 15.7. The molecule has 2 aromatic rings. The van der Waals surface area contributed by atoms with E-state index in [1.807, 2.05) is 32.0 Å². The Morgan fingerprint density at radius 3 is 2.33 bits per heavy atom. The van der Waals surface area contributed by atoms with Crippen molar-refractivity contribution in [2.24, 2.45) is 0 Å². The predicted molar refractivity (Wildman–Crippen MR) is 83.5 cm³/mol. The van der Waals surface area contributed by atoms with E-state index in [1.165, 1.54) is 0 Å². The van der Waals surface area contributed by atoms with Gasteiger partial charge in [0, 0.05) is 0 Å². The van der Waals surface area contributed by atoms with Crippen LogP contribution in [0.2, 0.25) is 0 Å². The Morgan fingerprint density at radius 1 is 1.14 bits per heavy atom. The third-order valence-corrected chi connectivity index (χ3v) is 5.45. The van der Waals surface area contributed by atoms with Crippen molar-refractivity contribution in [1.29, 1.82) is 0 Å². The lowest BCUT2D eigenvalue weighted by Gasteiger charge is -2.07. The molecule has 1 aromatic carbocycles. The second-order valence-electron chi connectivity index (χ2n) is 5.11. The first-order valence-corrected chi connectivity index (χ1v) is 9.04. The summed E-state index contributed by atoms with van der Waals surface area (Å²) in [4.78, 5) is 11.1. The van der Waals surface area contributed by atoms with Crippen molar-refractivity contribution in [2.45, 2.75) is 25.4 Å². The quantitative estimate of drug-likeness (QED) is 0.917. The van der Waals surface area contributed by atoms with E-state index in [4.69, 9.17) is 5.11 Å². The van der Waals surface area contributed by atoms with Crippen LogP contribution in [0.3, 0.4) is 0 Å². The largest absolute Gasteiger partial charge is 0.477 e. The number of sulfone groups is 1. The molecule has 0 aliphatic rings. The highest BCUT2D eigenvalue weighted by Crippen LogP contribution is 2.21. The molecule has 21 heavy (non-hydrogen) atoms. The number of carboxylic acid groups (broad SMARTS) is 1. The number of thiophene rings is 1. The van der Waals surface area contributed by atoms with Crippen molar-refractivity contribution >= 4 is 27.1 Å². The molecule has 0 amide bonds. The highest BCUT2D eigenvalue weighted by atomic mass is 32.2. The number of hydrogen-bond acceptors (Lipinski definition) is 4. The third-order valence-electron chi connectivity index (χ3n) is 2.98. The molecule has 2 rings (SSSR count). The molecule has 1 aromatic heterocycles. The van der Waals surface area contributed by atoms with Crippen LogP contribution in [0.25, 0.3) is 0 Å². The summed E-state index contributed by atoms with van der Waals surface area (Å²) in [6.07, 6.45) is 0. The molecular formula is C15H16O4S2. The monoisotopic (exact) mass is 324 g/mol. The first-order valence-electron chi connectivity index (χ1n) is 6.34. The summed E-state index contributed by atoms with van der Waals surface area (Å²) in [5, 5.41) is 10.6. The van der Waals surface area contributed by atoms with Crippen LogP contribution < -0.4 is 0 Å². The Kier molecular flexibility index (Phi) is 4.49. The fraction of sp³-hybridized carbons (Fsp3) is 0.267. The maximum Gasteiger partial charge on any atom is 0.346 e. The van der Waals surface area contributed by atoms with E-state index in [-0.39, 0.29) is 16.4 Å². The normalized spacial score (nSPS) is 11.5. The van der Waals surface area contributed by atoms with Crippen molar-refractivity contribution in [1.82, 2.24) is 0 Å². The van der Waals surface area contributed by atoms with Crippen molar-refractivity contribution < 1.29 is 18.3 Å². The molecule has 0 aliphatic heterocycles. The van der Waals surface area contributed by atoms with Crippen LogP contribution >= 0.6 is 11.3 Å². The molecule has 112 valence electrons. The molecule has 0 saturated heterocycles. The van der Waals surface area contributed by atoms with E-state index in [1.54, 1.807) is 11.4 Å². The summed E-state index contributed by atoms with van der Waals surface area (Å²) >= 11 is 1.05. The van der Waals surface area contributed by atoms with Crippen LogP contribution in [0.4, 0.5) is 0 Å². The average molecular weight is 324 g/mol. The molecule has 6 heteroatoms. The van der Waals surface area contributed by atoms with E-state index in [0.29, 0.717) is 5.56 Å². The second kappa shape index (κ2) is 5.99. The zero-order valence-electron chi connectivity index (χ0n) is 11.8. The van der Waals surface area contributed by atoms with Gasteiger partial charge in [-0.15, -0.1) is 11.3 Å². The molecule has 1 N–H and O–H groups in total. The van der Waals surface area contributed by atoms with Gasteiger partial charge in [-0.25, -0.2) is 13.2 Å². The number of rotatable bonds is 5. The van der Waals surface area contributed by atoms with Gasteiger partial charge in [0.05, 0.1) is 11.5 Å². The lowest BCUT2D eigenvalue weighted by Crippen LogP contribution is -2.10. The van der Waals surface area contributed by atoms with Crippen molar-refractivity contribution in [3.05, 3.63) is 56.8 Å². The summed E-state index contributed by atoms with van der Waals surface area (Å²) in [7, 11) is -3.40. The van der Waals surface area contributed by atoms with Crippen molar-refractivity contribution in [3.63, 3.8) is 0 Å². The lowest BCUT2D eigenvalue weighted by molar-refractivity contribution is 0.0701. The van der Waals surface area contributed by atoms with Crippen LogP contribution in [-0.4, -0.2) is 19.5 Å². The van der Waals surface area contributed by atoms with E-state index in [2.05, 4.69) is 0 Å². The van der Waals surface area contributed by atoms with Gasteiger partial charge in [-0.05, 0) is 36.4 Å². The molecule has 1 heterocycles. The summed E-state index contributed by atoms with van der Waals surface area (Å²) in [5.41, 5.74) is 3.13. The first-order chi connectivity index (χ1) is 9.77. The zero-order valence-corrected chi connectivity index (χ0v) is 13.4. The zero-order chi connectivity index (χ0) is 15.6. The molecule has 4 nitrogen and oxygen atoms in total. The average Bonchev–Trinajstić information content (AvgIpc) is 2.73. The van der Waals surface area contributed by atoms with E-state index in [0.717, 1.165) is 28.0 Å². The minimum absolute atomic E-state index is 0.0789. The van der Waals surface area contributed by atoms with Gasteiger partial charge >= 0.3 is 5.97 Å². The summed E-state index contributed by atoms with van der Waals surface area (Å²) in [6, 6.07) is 7.23. The SMILES string of the molecule is Cc1cc(C)cc(CS(=O)(=O)Cc2ccsc2C(=O)O)c1. The van der Waals surface area contributed by atoms with Gasteiger partial charge in [-0.3, -0.25) is 0 Å². The molecule has 0 bridgehead atoms. The fourth-order valence-corrected chi connectivity index (χ4v) is 4.67. The van der Waals surface area contributed by atoms with Crippen LogP contribution in [0.1, 0.15) is 31.9 Å². The molecule has 0 atom stereocenters. The molecule has 0 spiro atoms. The summed E-state index contributed by atoms with van der Waals surface area (Å²) < 4.78 is 24.6. The van der Waals surface area contributed by atoms with Gasteiger partial charge in [-0.2, -0.15) is 0 Å². The Hall–Kier alpha value is -1.66. The Bertz CT molecular complexity index is 752. The number of carbonyl (C=O) groups is 1. The number of benzene rings is 1. The highest BCUT2D eigenvalue weighted by Gasteiger charge is 2.19. The van der Waals surface area contributed by atoms with Gasteiger partial charge in [0.1, 0.15) is 4.88 Å². The Labute approximate surface area is 128 Å². The molecule has 0 saturated carbocycles. The van der Waals surface area contributed by atoms with Crippen LogP contribution in [0, 0.1) is 13.8 Å². The minimum atomic E-state index is -3.40. The highest BCUT2D eigenvalue weighted by molar-refractivity contribution is 7.89. The van der Waals surface area contributed by atoms with Crippen molar-refractivity contribution in [3.8, 4) is 0 Å². The number of carboxylic acids is 1. The van der Waals surface area contributed by atoms with Gasteiger partial charge < -0.3 is 5.11 Å². The number of aromatic carboxylic acids is 1. The fourth-order valence-electron chi connectivity index (χ4n) is 2.33. The van der Waals surface area contributed by atoms with Crippen LogP contribution in [-0.2, 0) is 21.3 Å². The Balaban J connectivity index is 2.22. The predicted octanol–water partition coefficient (Wildman–Crippen LogP) is 3.18. The molecule has 0 fully saturated rings. The minimum Gasteiger partial charge on any atom is -0.477 e. The van der Waals surface area contributed by atoms with Gasteiger partial charge in [0.2, 0.25) is 0 Å². The van der Waals surface area contributed by atoms with E-state index < -0.39 is 15.8 Å². The van der Waals surface area contributed by atoms with Gasteiger partial charge in [0.25, 0.3) is 0 Å². The summed E-state index contributed by atoms with van der Waals surface area (Å²) in [5.74, 6) is -1.41. The molecular weight excluding hydrogens is 308 g/mol. The maximum absolute atomic E-state index is 12.3. The standard InChI is InChI=1S/C15H16O4S2/c1-10-5-11(2)7-12(6-10)8-21(18,19)9-13-3-4-20-14(13)15(16)17/h3-7H,8-9H2,1-2H3,(H,16,17). The van der Waals surface area contributed by atoms with Gasteiger partial charge in [-0.1, -0.05) is 29.3 Å².